The minimum absolute atomic E-state index is 0.295. The van der Waals surface area contributed by atoms with Gasteiger partial charge in [-0.25, -0.2) is 0 Å². The van der Waals surface area contributed by atoms with Crippen LogP contribution < -0.4 is 14.4 Å². The van der Waals surface area contributed by atoms with E-state index in [0.29, 0.717) is 22.7 Å². The van der Waals surface area contributed by atoms with E-state index in [0.717, 1.165) is 14.4 Å². The number of carbonyl (C=O) groups excluding carboxylic acids is 1. The molecule has 156 valence electrons. The molecule has 0 radical (unpaired) electrons. The molecule has 0 saturated heterocycles. The minimum Gasteiger partial charge on any atom is -0.457 e. The molecular weight excluding hydrogens is 402 g/mol. The van der Waals surface area contributed by atoms with Crippen molar-refractivity contribution >= 4 is 27.5 Å². The number of anilines is 2. The molecule has 0 bridgehead atoms. The van der Waals surface area contributed by atoms with Crippen molar-refractivity contribution in [3.63, 3.8) is 0 Å². The number of carbonyl (C=O) groups is 1. The van der Waals surface area contributed by atoms with Crippen LogP contribution in [0.1, 0.15) is 10.4 Å². The molecule has 0 aliphatic rings. The van der Waals surface area contributed by atoms with Crippen molar-refractivity contribution < 1.29 is 17.9 Å². The Bertz CT molecular complexity index is 1100. The second-order valence-electron chi connectivity index (χ2n) is 6.70. The molecule has 7 nitrogen and oxygen atoms in total. The first-order valence-electron chi connectivity index (χ1n) is 9.18. The number of hydrogen-bond donors (Lipinski definition) is 1. The molecule has 0 heterocycles. The zero-order chi connectivity index (χ0) is 21.7. The van der Waals surface area contributed by atoms with Crippen molar-refractivity contribution in [2.45, 2.75) is 0 Å². The van der Waals surface area contributed by atoms with Crippen LogP contribution in [0.5, 0.6) is 11.5 Å². The third-order valence-electron chi connectivity index (χ3n) is 4.39. The average Bonchev–Trinajstić information content (AvgIpc) is 2.75. The van der Waals surface area contributed by atoms with Crippen molar-refractivity contribution in [1.82, 2.24) is 4.31 Å². The number of benzene rings is 3. The summed E-state index contributed by atoms with van der Waals surface area (Å²) in [6, 6.07) is 22.8. The molecule has 0 aromatic heterocycles. The number of nitrogens with zero attached hydrogens (tertiary/aromatic N) is 2. The maximum atomic E-state index is 12.5. The smallest absolute Gasteiger partial charge is 0.303 e. The van der Waals surface area contributed by atoms with Gasteiger partial charge >= 0.3 is 10.2 Å². The summed E-state index contributed by atoms with van der Waals surface area (Å²) < 4.78 is 32.4. The Kier molecular flexibility index (Phi) is 6.39. The molecule has 3 aromatic rings. The van der Waals surface area contributed by atoms with Gasteiger partial charge in [0.2, 0.25) is 0 Å². The van der Waals surface area contributed by atoms with E-state index in [1.165, 1.54) is 21.1 Å². The summed E-state index contributed by atoms with van der Waals surface area (Å²) in [6.45, 7) is 0. The lowest BCUT2D eigenvalue weighted by atomic mass is 10.2. The summed E-state index contributed by atoms with van der Waals surface area (Å²) in [5.41, 5.74) is 1.50. The Hall–Kier alpha value is -3.36. The van der Waals surface area contributed by atoms with Crippen LogP contribution in [-0.2, 0) is 10.2 Å². The first-order chi connectivity index (χ1) is 14.3. The zero-order valence-electron chi connectivity index (χ0n) is 16.9. The summed E-state index contributed by atoms with van der Waals surface area (Å²) in [4.78, 5) is 12.5. The number of ether oxygens (including phenoxy) is 1. The van der Waals surface area contributed by atoms with E-state index in [-0.39, 0.29) is 5.91 Å². The van der Waals surface area contributed by atoms with E-state index < -0.39 is 10.2 Å². The molecule has 0 fully saturated rings. The van der Waals surface area contributed by atoms with Crippen LogP contribution >= 0.6 is 0 Å². The summed E-state index contributed by atoms with van der Waals surface area (Å²) in [7, 11) is 0.802. The van der Waals surface area contributed by atoms with E-state index in [4.69, 9.17) is 4.74 Å². The highest BCUT2D eigenvalue weighted by Gasteiger charge is 2.21. The van der Waals surface area contributed by atoms with Gasteiger partial charge in [0.1, 0.15) is 11.5 Å². The maximum Gasteiger partial charge on any atom is 0.303 e. The fourth-order valence-electron chi connectivity index (χ4n) is 2.64. The number of para-hydroxylation sites is 1. The third kappa shape index (κ3) is 4.97. The first-order valence-corrected chi connectivity index (χ1v) is 10.6. The highest BCUT2D eigenvalue weighted by atomic mass is 32.2. The van der Waals surface area contributed by atoms with E-state index in [2.05, 4.69) is 5.32 Å². The molecule has 3 aromatic carbocycles. The van der Waals surface area contributed by atoms with Crippen LogP contribution in [0.4, 0.5) is 11.4 Å². The van der Waals surface area contributed by atoms with Gasteiger partial charge in [-0.3, -0.25) is 9.10 Å². The molecule has 30 heavy (non-hydrogen) atoms. The molecule has 0 spiro atoms. The molecule has 3 rings (SSSR count). The second kappa shape index (κ2) is 8.98. The lowest BCUT2D eigenvalue weighted by molar-refractivity contribution is 0.102. The van der Waals surface area contributed by atoms with Gasteiger partial charge in [-0.1, -0.05) is 18.2 Å². The van der Waals surface area contributed by atoms with Gasteiger partial charge in [0, 0.05) is 32.4 Å². The van der Waals surface area contributed by atoms with Crippen molar-refractivity contribution in [3.8, 4) is 11.5 Å². The molecule has 0 saturated carbocycles. The third-order valence-corrected chi connectivity index (χ3v) is 6.22. The van der Waals surface area contributed by atoms with Crippen molar-refractivity contribution in [2.75, 3.05) is 30.8 Å². The molecule has 1 amide bonds. The minimum atomic E-state index is -3.58. The molecule has 1 N–H and O–H groups in total. The van der Waals surface area contributed by atoms with Gasteiger partial charge < -0.3 is 10.1 Å². The lowest BCUT2D eigenvalue weighted by Gasteiger charge is -2.23. The zero-order valence-corrected chi connectivity index (χ0v) is 17.8. The number of rotatable bonds is 7. The van der Waals surface area contributed by atoms with Gasteiger partial charge in [0.15, 0.2) is 0 Å². The van der Waals surface area contributed by atoms with Crippen LogP contribution in [0.3, 0.4) is 0 Å². The van der Waals surface area contributed by atoms with Crippen LogP contribution in [0.25, 0.3) is 0 Å². The van der Waals surface area contributed by atoms with Crippen molar-refractivity contribution in [3.05, 3.63) is 84.4 Å². The molecule has 0 aliphatic heterocycles. The summed E-state index contributed by atoms with van der Waals surface area (Å²) in [6.07, 6.45) is 0. The predicted octanol–water partition coefficient (Wildman–Crippen LogP) is 3.97. The van der Waals surface area contributed by atoms with Gasteiger partial charge in [0.25, 0.3) is 5.91 Å². The Morgan fingerprint density at radius 3 is 1.93 bits per heavy atom. The van der Waals surface area contributed by atoms with Crippen LogP contribution in [0, 0.1) is 0 Å². The van der Waals surface area contributed by atoms with Gasteiger partial charge in [-0.15, -0.1) is 0 Å². The van der Waals surface area contributed by atoms with Crippen molar-refractivity contribution in [1.29, 1.82) is 0 Å². The Balaban J connectivity index is 1.64. The average molecular weight is 426 g/mol. The highest BCUT2D eigenvalue weighted by Crippen LogP contribution is 2.23. The van der Waals surface area contributed by atoms with Gasteiger partial charge in [-0.2, -0.15) is 12.7 Å². The largest absolute Gasteiger partial charge is 0.457 e. The fourth-order valence-corrected chi connectivity index (χ4v) is 3.51. The van der Waals surface area contributed by atoms with Crippen LogP contribution in [-0.4, -0.2) is 39.8 Å². The first kappa shape index (κ1) is 21.4. The molecule has 0 atom stereocenters. The summed E-state index contributed by atoms with van der Waals surface area (Å²) in [5, 5.41) is 2.81. The van der Waals surface area contributed by atoms with E-state index in [9.17, 15) is 13.2 Å². The molecule has 0 unspecified atom stereocenters. The SMILES string of the molecule is CN(C)S(=O)(=O)N(C)c1ccc(C(=O)Nc2ccc(Oc3ccccc3)cc2)cc1. The number of amides is 1. The normalized spacial score (nSPS) is 11.2. The van der Waals surface area contributed by atoms with Crippen LogP contribution in [0.2, 0.25) is 0 Å². The summed E-state index contributed by atoms with van der Waals surface area (Å²) >= 11 is 0. The highest BCUT2D eigenvalue weighted by molar-refractivity contribution is 7.90. The van der Waals surface area contributed by atoms with E-state index >= 15 is 0 Å². The number of hydrogen-bond acceptors (Lipinski definition) is 4. The van der Waals surface area contributed by atoms with Gasteiger partial charge in [0.05, 0.1) is 5.69 Å². The Morgan fingerprint density at radius 2 is 1.37 bits per heavy atom. The van der Waals surface area contributed by atoms with Gasteiger partial charge in [-0.05, 0) is 60.7 Å². The maximum absolute atomic E-state index is 12.5. The molecule has 8 heteroatoms. The monoisotopic (exact) mass is 425 g/mol. The predicted molar refractivity (Wildman–Crippen MR) is 118 cm³/mol. The Morgan fingerprint density at radius 1 is 0.800 bits per heavy atom. The second-order valence-corrected chi connectivity index (χ2v) is 8.87. The van der Waals surface area contributed by atoms with E-state index in [1.807, 2.05) is 30.3 Å². The van der Waals surface area contributed by atoms with Crippen LogP contribution in [0.15, 0.2) is 78.9 Å². The standard InChI is InChI=1S/C22H23N3O4S/c1-24(2)30(27,28)25(3)19-13-9-17(10-14-19)22(26)23-18-11-15-21(16-12-18)29-20-7-5-4-6-8-20/h4-16H,1-3H3,(H,23,26). The molecular formula is C22H23N3O4S. The quantitative estimate of drug-likeness (QED) is 0.621. The fraction of sp³-hybridized carbons (Fsp3) is 0.136. The van der Waals surface area contributed by atoms with Crippen molar-refractivity contribution in [2.24, 2.45) is 0 Å². The Labute approximate surface area is 176 Å². The number of nitrogens with one attached hydrogen (secondary N) is 1. The molecule has 0 aliphatic carbocycles. The lowest BCUT2D eigenvalue weighted by Crippen LogP contribution is -2.37. The van der Waals surface area contributed by atoms with E-state index in [1.54, 1.807) is 48.5 Å². The summed E-state index contributed by atoms with van der Waals surface area (Å²) in [5.74, 6) is 1.10. The topological polar surface area (TPSA) is 79.0 Å².